The van der Waals surface area contributed by atoms with Gasteiger partial charge in [0.1, 0.15) is 13.3 Å². The molecule has 3 rings (SSSR count). The molecule has 1 atom stereocenters. The molecule has 1 fully saturated rings. The number of carbonyl (C=O) groups is 1. The molecule has 0 spiro atoms. The van der Waals surface area contributed by atoms with Crippen LogP contribution in [0.25, 0.3) is 0 Å². The van der Waals surface area contributed by atoms with Crippen LogP contribution in [-0.2, 0) is 19.7 Å². The van der Waals surface area contributed by atoms with Gasteiger partial charge in [0.15, 0.2) is 5.28 Å². The quantitative estimate of drug-likeness (QED) is 0.353. The molecule has 0 aromatic heterocycles. The van der Waals surface area contributed by atoms with Crippen molar-refractivity contribution in [1.82, 2.24) is 9.21 Å². The molecule has 0 saturated carbocycles. The number of hydrogen-bond acceptors (Lipinski definition) is 6. The topological polar surface area (TPSA) is 105 Å². The fourth-order valence-electron chi connectivity index (χ4n) is 3.33. The second-order valence-corrected chi connectivity index (χ2v) is 9.56. The van der Waals surface area contributed by atoms with E-state index in [-0.39, 0.29) is 27.9 Å². The van der Waals surface area contributed by atoms with Crippen molar-refractivity contribution in [2.24, 2.45) is 5.28 Å². The van der Waals surface area contributed by atoms with Crippen LogP contribution in [0.1, 0.15) is 17.3 Å². The van der Waals surface area contributed by atoms with E-state index in [9.17, 15) is 18.4 Å². The zero-order valence-corrected chi connectivity index (χ0v) is 19.1. The molecule has 0 aliphatic carbocycles. The summed E-state index contributed by atoms with van der Waals surface area (Å²) in [5, 5.41) is 15.4. The molecule has 9 nitrogen and oxygen atoms in total. The van der Waals surface area contributed by atoms with Gasteiger partial charge in [-0.25, -0.2) is 8.42 Å². The van der Waals surface area contributed by atoms with Gasteiger partial charge in [-0.15, -0.1) is 0 Å². The van der Waals surface area contributed by atoms with Crippen LogP contribution in [0.3, 0.4) is 0 Å². The smallest absolute Gasteiger partial charge is 0.293 e. The predicted molar refractivity (Wildman–Crippen MR) is 114 cm³/mol. The Balaban J connectivity index is 2.05. The van der Waals surface area contributed by atoms with Gasteiger partial charge < -0.3 is 14.9 Å². The normalized spacial score (nSPS) is 17.7. The number of hydroxylamine groups is 1. The standard InChI is InChI=1S/C19H20Cl2N4O5S/c1-13-3-6-15(7-4-13)31(28,29)24-10-9-23(18(26)12-25(27)22-30-2)19(24)16-8-5-14(20)11-17(16)21/h3-8,11,19H,9-10,12H2,1-2H3/b25-22-. The maximum atomic E-state index is 13.4. The van der Waals surface area contributed by atoms with E-state index in [1.807, 2.05) is 6.92 Å². The zero-order valence-electron chi connectivity index (χ0n) is 16.7. The molecule has 1 saturated heterocycles. The van der Waals surface area contributed by atoms with Gasteiger partial charge in [0.05, 0.1) is 4.90 Å². The van der Waals surface area contributed by atoms with Crippen molar-refractivity contribution in [3.8, 4) is 0 Å². The van der Waals surface area contributed by atoms with E-state index in [0.717, 1.165) is 5.56 Å². The molecule has 0 N–H and O–H groups in total. The third-order valence-electron chi connectivity index (χ3n) is 4.76. The van der Waals surface area contributed by atoms with Crippen molar-refractivity contribution in [2.45, 2.75) is 18.0 Å². The van der Waals surface area contributed by atoms with Crippen LogP contribution in [0.2, 0.25) is 10.0 Å². The molecule has 1 aliphatic rings. The van der Waals surface area contributed by atoms with Crippen LogP contribution < -0.4 is 0 Å². The predicted octanol–water partition coefficient (Wildman–Crippen LogP) is 3.36. The van der Waals surface area contributed by atoms with E-state index in [2.05, 4.69) is 10.1 Å². The van der Waals surface area contributed by atoms with Crippen LogP contribution in [0.5, 0.6) is 0 Å². The van der Waals surface area contributed by atoms with Gasteiger partial charge in [-0.3, -0.25) is 4.79 Å². The molecular weight excluding hydrogens is 467 g/mol. The van der Waals surface area contributed by atoms with Crippen molar-refractivity contribution < 1.29 is 22.9 Å². The second kappa shape index (κ2) is 9.39. The molecule has 1 aliphatic heterocycles. The molecule has 12 heteroatoms. The number of hydrogen-bond donors (Lipinski definition) is 0. The number of amides is 1. The highest BCUT2D eigenvalue weighted by molar-refractivity contribution is 7.89. The summed E-state index contributed by atoms with van der Waals surface area (Å²) in [6.45, 7) is 1.29. The molecule has 2 aromatic rings. The van der Waals surface area contributed by atoms with Crippen LogP contribution in [-0.4, -0.2) is 55.1 Å². The average molecular weight is 487 g/mol. The highest BCUT2D eigenvalue weighted by atomic mass is 35.5. The lowest BCUT2D eigenvalue weighted by atomic mass is 10.1. The Bertz CT molecular complexity index is 1110. The maximum Gasteiger partial charge on any atom is 0.293 e. The molecule has 1 amide bonds. The zero-order chi connectivity index (χ0) is 22.8. The third-order valence-corrected chi connectivity index (χ3v) is 7.19. The number of halogens is 2. The first kappa shape index (κ1) is 23.3. The number of carbonyl (C=O) groups excluding carboxylic acids is 1. The minimum atomic E-state index is -3.98. The Morgan fingerprint density at radius 3 is 2.52 bits per heavy atom. The van der Waals surface area contributed by atoms with Gasteiger partial charge in [-0.05, 0) is 36.0 Å². The number of benzene rings is 2. The number of aryl methyl sites for hydroxylation is 1. The SMILES string of the molecule is CO/N=[N+](\[O-])CC(=O)N1CCN(S(=O)(=O)c2ccc(C)cc2)C1c1ccc(Cl)cc1Cl. The van der Waals surface area contributed by atoms with E-state index in [1.54, 1.807) is 24.3 Å². The first-order valence-corrected chi connectivity index (χ1v) is 11.4. The lowest BCUT2D eigenvalue weighted by molar-refractivity contribution is -0.547. The maximum absolute atomic E-state index is 13.4. The largest absolute Gasteiger partial charge is 0.597 e. The van der Waals surface area contributed by atoms with E-state index < -0.39 is 28.6 Å². The van der Waals surface area contributed by atoms with E-state index in [0.29, 0.717) is 10.6 Å². The van der Waals surface area contributed by atoms with E-state index in [1.165, 1.54) is 34.5 Å². The highest BCUT2D eigenvalue weighted by Crippen LogP contribution is 2.39. The van der Waals surface area contributed by atoms with Crippen LogP contribution in [0.4, 0.5) is 0 Å². The number of nitrogens with zero attached hydrogens (tertiary/aromatic N) is 4. The monoisotopic (exact) mass is 486 g/mol. The first-order valence-electron chi connectivity index (χ1n) is 9.17. The van der Waals surface area contributed by atoms with E-state index >= 15 is 0 Å². The van der Waals surface area contributed by atoms with Crippen LogP contribution in [0.15, 0.2) is 52.6 Å². The van der Waals surface area contributed by atoms with Crippen LogP contribution >= 0.6 is 23.2 Å². The Morgan fingerprint density at radius 2 is 1.90 bits per heavy atom. The van der Waals surface area contributed by atoms with Crippen molar-refractivity contribution in [3.05, 3.63) is 68.8 Å². The Hall–Kier alpha value is -2.40. The fraction of sp³-hybridized carbons (Fsp3) is 0.316. The number of sulfonamides is 1. The van der Waals surface area contributed by atoms with Gasteiger partial charge >= 0.3 is 0 Å². The summed E-state index contributed by atoms with van der Waals surface area (Å²) in [7, 11) is -2.80. The van der Waals surface area contributed by atoms with Gasteiger partial charge in [0.25, 0.3) is 12.5 Å². The molecule has 31 heavy (non-hydrogen) atoms. The first-order chi connectivity index (χ1) is 14.6. The Morgan fingerprint density at radius 1 is 1.23 bits per heavy atom. The van der Waals surface area contributed by atoms with Gasteiger partial charge in [0, 0.05) is 28.7 Å². The molecule has 0 bridgehead atoms. The molecule has 1 unspecified atom stereocenters. The number of rotatable bonds is 6. The molecule has 2 aromatic carbocycles. The molecular formula is C19H20Cl2N4O5S. The fourth-order valence-corrected chi connectivity index (χ4v) is 5.39. The average Bonchev–Trinajstić information content (AvgIpc) is 3.14. The Kier molecular flexibility index (Phi) is 7.05. The minimum Gasteiger partial charge on any atom is -0.597 e. The van der Waals surface area contributed by atoms with Gasteiger partial charge in [0.2, 0.25) is 10.0 Å². The Labute approximate surface area is 190 Å². The summed E-state index contributed by atoms with van der Waals surface area (Å²) in [6.07, 6.45) is -1.06. The molecule has 166 valence electrons. The summed E-state index contributed by atoms with van der Waals surface area (Å²) >= 11 is 12.4. The lowest BCUT2D eigenvalue weighted by Crippen LogP contribution is -2.40. The summed E-state index contributed by atoms with van der Waals surface area (Å²) in [5.74, 6) is -0.631. The molecule has 0 radical (unpaired) electrons. The third kappa shape index (κ3) is 4.93. The van der Waals surface area contributed by atoms with Crippen molar-refractivity contribution in [2.75, 3.05) is 26.7 Å². The lowest BCUT2D eigenvalue weighted by Gasteiger charge is -2.30. The second-order valence-electron chi connectivity index (χ2n) is 6.83. The summed E-state index contributed by atoms with van der Waals surface area (Å²) in [6, 6.07) is 11.0. The highest BCUT2D eigenvalue weighted by Gasteiger charge is 2.44. The van der Waals surface area contributed by atoms with E-state index in [4.69, 9.17) is 23.2 Å². The van der Waals surface area contributed by atoms with Crippen molar-refractivity contribution in [1.29, 1.82) is 0 Å². The summed E-state index contributed by atoms with van der Waals surface area (Å²) in [4.78, 5) is 18.6. The summed E-state index contributed by atoms with van der Waals surface area (Å²) in [5.41, 5.74) is 1.28. The van der Waals surface area contributed by atoms with Gasteiger partial charge in [-0.2, -0.15) is 4.31 Å². The molecule has 1 heterocycles. The minimum absolute atomic E-state index is 0.0197. The summed E-state index contributed by atoms with van der Waals surface area (Å²) < 4.78 is 28.0. The van der Waals surface area contributed by atoms with Crippen molar-refractivity contribution in [3.63, 3.8) is 0 Å². The van der Waals surface area contributed by atoms with Crippen molar-refractivity contribution >= 4 is 39.1 Å². The van der Waals surface area contributed by atoms with Crippen LogP contribution in [0, 0.1) is 12.1 Å². The van der Waals surface area contributed by atoms with Gasteiger partial charge in [-0.1, -0.05) is 47.0 Å².